The third-order valence-electron chi connectivity index (χ3n) is 4.61. The summed E-state index contributed by atoms with van der Waals surface area (Å²) < 4.78 is 16.5. The molecule has 1 N–H and O–H groups in total. The molecule has 7 heteroatoms. The minimum Gasteiger partial charge on any atom is -0.503 e. The quantitative estimate of drug-likeness (QED) is 0.733. The second kappa shape index (κ2) is 7.80. The molecule has 3 rings (SSSR count). The number of methoxy groups -OCH3 is 1. The molecule has 7 nitrogen and oxygen atoms in total. The molecule has 1 unspecified atom stereocenters. The van der Waals surface area contributed by atoms with E-state index in [-0.39, 0.29) is 11.3 Å². The van der Waals surface area contributed by atoms with Crippen molar-refractivity contribution >= 4 is 11.7 Å². The van der Waals surface area contributed by atoms with Gasteiger partial charge in [-0.2, -0.15) is 0 Å². The molecular formula is C21H23NO6. The molecule has 0 saturated heterocycles. The van der Waals surface area contributed by atoms with E-state index in [0.29, 0.717) is 29.4 Å². The van der Waals surface area contributed by atoms with Gasteiger partial charge in [0.2, 0.25) is 5.78 Å². The Labute approximate surface area is 163 Å². The first-order chi connectivity index (χ1) is 13.4. The maximum absolute atomic E-state index is 13.0. The van der Waals surface area contributed by atoms with Gasteiger partial charge in [0, 0.05) is 7.05 Å². The lowest BCUT2D eigenvalue weighted by Crippen LogP contribution is -2.26. The smallest absolute Gasteiger partial charge is 0.289 e. The molecule has 1 aliphatic heterocycles. The molecule has 1 amide bonds. The van der Waals surface area contributed by atoms with Crippen LogP contribution in [0.4, 0.5) is 0 Å². The monoisotopic (exact) mass is 385 g/mol. The zero-order valence-corrected chi connectivity index (χ0v) is 16.3. The van der Waals surface area contributed by atoms with Gasteiger partial charge in [0.1, 0.15) is 5.76 Å². The minimum atomic E-state index is -0.764. The molecule has 0 bridgehead atoms. The molecule has 2 heterocycles. The van der Waals surface area contributed by atoms with Gasteiger partial charge in [-0.05, 0) is 43.2 Å². The standard InChI is InChI=1S/C21H23NO6/c1-5-10-27-14-9-7-13(11-16(14)26-4)18-17(20(24)21(25)22(18)3)19(23)15-8-6-12(2)28-15/h6-9,11,18,24H,5,10H2,1-4H3. The lowest BCUT2D eigenvalue weighted by molar-refractivity contribution is -0.128. The number of carbonyl (C=O) groups is 2. The Hall–Kier alpha value is -3.22. The number of likely N-dealkylation sites (N-methyl/N-ethyl adjacent to an activating group) is 1. The van der Waals surface area contributed by atoms with E-state index < -0.39 is 23.5 Å². The predicted molar refractivity (Wildman–Crippen MR) is 102 cm³/mol. The number of hydrogen-bond acceptors (Lipinski definition) is 6. The molecule has 148 valence electrons. The summed E-state index contributed by atoms with van der Waals surface area (Å²) in [7, 11) is 3.05. The summed E-state index contributed by atoms with van der Waals surface area (Å²) in [4.78, 5) is 26.7. The molecule has 0 fully saturated rings. The maximum atomic E-state index is 13.0. The van der Waals surface area contributed by atoms with E-state index in [1.165, 1.54) is 25.1 Å². The predicted octanol–water partition coefficient (Wildman–Crippen LogP) is 3.59. The number of benzene rings is 1. The van der Waals surface area contributed by atoms with Crippen molar-refractivity contribution in [2.24, 2.45) is 0 Å². The molecule has 0 spiro atoms. The van der Waals surface area contributed by atoms with Gasteiger partial charge in [-0.3, -0.25) is 9.59 Å². The number of carbonyl (C=O) groups excluding carboxylic acids is 2. The second-order valence-electron chi connectivity index (χ2n) is 6.58. The third kappa shape index (κ3) is 3.35. The highest BCUT2D eigenvalue weighted by atomic mass is 16.5. The Morgan fingerprint density at radius 2 is 2.00 bits per heavy atom. The highest BCUT2D eigenvalue weighted by molar-refractivity contribution is 6.14. The van der Waals surface area contributed by atoms with Gasteiger partial charge in [-0.25, -0.2) is 0 Å². The van der Waals surface area contributed by atoms with Gasteiger partial charge in [0.05, 0.1) is 25.3 Å². The summed E-state index contributed by atoms with van der Waals surface area (Å²) in [6.45, 7) is 4.26. The van der Waals surface area contributed by atoms with Crippen molar-refractivity contribution in [1.82, 2.24) is 4.90 Å². The van der Waals surface area contributed by atoms with Crippen molar-refractivity contribution in [3.63, 3.8) is 0 Å². The van der Waals surface area contributed by atoms with E-state index in [4.69, 9.17) is 13.9 Å². The number of aliphatic hydroxyl groups excluding tert-OH is 1. The van der Waals surface area contributed by atoms with E-state index in [0.717, 1.165) is 6.42 Å². The molecule has 1 aromatic heterocycles. The minimum absolute atomic E-state index is 0.0221. The number of hydrogen-bond donors (Lipinski definition) is 1. The number of Topliss-reactive ketones (excluding diaryl/α,β-unsaturated/α-hetero) is 1. The fourth-order valence-electron chi connectivity index (χ4n) is 3.22. The van der Waals surface area contributed by atoms with Crippen LogP contribution in [0.25, 0.3) is 0 Å². The van der Waals surface area contributed by atoms with E-state index >= 15 is 0 Å². The van der Waals surface area contributed by atoms with Crippen LogP contribution in [0.15, 0.2) is 46.1 Å². The molecule has 1 atom stereocenters. The summed E-state index contributed by atoms with van der Waals surface area (Å²) in [5.74, 6) is -0.0299. The molecule has 0 saturated carbocycles. The Kier molecular flexibility index (Phi) is 5.44. The van der Waals surface area contributed by atoms with Gasteiger partial charge >= 0.3 is 0 Å². The summed E-state index contributed by atoms with van der Waals surface area (Å²) in [6.07, 6.45) is 0.850. The molecule has 0 radical (unpaired) electrons. The van der Waals surface area contributed by atoms with Crippen LogP contribution in [0.5, 0.6) is 11.5 Å². The second-order valence-corrected chi connectivity index (χ2v) is 6.58. The lowest BCUT2D eigenvalue weighted by atomic mass is 9.95. The zero-order chi connectivity index (χ0) is 20.4. The van der Waals surface area contributed by atoms with Gasteiger partial charge in [-0.1, -0.05) is 13.0 Å². The largest absolute Gasteiger partial charge is 0.503 e. The number of rotatable bonds is 7. The fraction of sp³-hybridized carbons (Fsp3) is 0.333. The summed E-state index contributed by atoms with van der Waals surface area (Å²) in [6, 6.07) is 7.61. The Morgan fingerprint density at radius 1 is 1.25 bits per heavy atom. The first-order valence-electron chi connectivity index (χ1n) is 9.01. The number of aliphatic hydroxyl groups is 1. The summed E-state index contributed by atoms with van der Waals surface area (Å²) >= 11 is 0. The van der Waals surface area contributed by atoms with Crippen molar-refractivity contribution in [2.75, 3.05) is 20.8 Å². The van der Waals surface area contributed by atoms with Crippen LogP contribution < -0.4 is 9.47 Å². The van der Waals surface area contributed by atoms with Gasteiger partial charge in [0.15, 0.2) is 23.0 Å². The molecule has 1 aliphatic rings. The van der Waals surface area contributed by atoms with E-state index in [2.05, 4.69) is 0 Å². The third-order valence-corrected chi connectivity index (χ3v) is 4.61. The molecular weight excluding hydrogens is 362 g/mol. The summed E-state index contributed by atoms with van der Waals surface area (Å²) in [5, 5.41) is 10.4. The number of amides is 1. The fourth-order valence-corrected chi connectivity index (χ4v) is 3.22. The van der Waals surface area contributed by atoms with Crippen molar-refractivity contribution in [3.8, 4) is 11.5 Å². The average Bonchev–Trinajstić information content (AvgIpc) is 3.22. The maximum Gasteiger partial charge on any atom is 0.289 e. The first kappa shape index (κ1) is 19.5. The van der Waals surface area contributed by atoms with Crippen LogP contribution in [-0.2, 0) is 4.79 Å². The van der Waals surface area contributed by atoms with Crippen LogP contribution in [0.2, 0.25) is 0 Å². The number of aryl methyl sites for hydroxylation is 1. The zero-order valence-electron chi connectivity index (χ0n) is 16.3. The highest BCUT2D eigenvalue weighted by Crippen LogP contribution is 2.40. The van der Waals surface area contributed by atoms with Crippen LogP contribution in [0, 0.1) is 6.92 Å². The molecule has 1 aromatic carbocycles. The van der Waals surface area contributed by atoms with Crippen LogP contribution >= 0.6 is 0 Å². The number of ether oxygens (including phenoxy) is 2. The molecule has 2 aromatic rings. The Bertz CT molecular complexity index is 942. The van der Waals surface area contributed by atoms with Gasteiger partial charge in [0.25, 0.3) is 5.91 Å². The highest BCUT2D eigenvalue weighted by Gasteiger charge is 2.42. The Morgan fingerprint density at radius 3 is 2.61 bits per heavy atom. The van der Waals surface area contributed by atoms with E-state index in [9.17, 15) is 14.7 Å². The SMILES string of the molecule is CCCOc1ccc(C2C(C(=O)c3ccc(C)o3)=C(O)C(=O)N2C)cc1OC. The van der Waals surface area contributed by atoms with Crippen LogP contribution in [-0.4, -0.2) is 42.5 Å². The Balaban J connectivity index is 2.03. The van der Waals surface area contributed by atoms with Gasteiger partial charge < -0.3 is 23.9 Å². The van der Waals surface area contributed by atoms with Crippen LogP contribution in [0.1, 0.15) is 41.3 Å². The topological polar surface area (TPSA) is 89.2 Å². The van der Waals surface area contributed by atoms with Crippen molar-refractivity contribution in [3.05, 3.63) is 58.7 Å². The van der Waals surface area contributed by atoms with Crippen molar-refractivity contribution in [2.45, 2.75) is 26.3 Å². The molecule has 28 heavy (non-hydrogen) atoms. The van der Waals surface area contributed by atoms with Crippen molar-refractivity contribution in [1.29, 1.82) is 0 Å². The lowest BCUT2D eigenvalue weighted by Gasteiger charge is -2.23. The summed E-state index contributed by atoms with van der Waals surface area (Å²) in [5.41, 5.74) is 0.596. The van der Waals surface area contributed by atoms with Crippen LogP contribution in [0.3, 0.4) is 0 Å². The number of ketones is 1. The van der Waals surface area contributed by atoms with Gasteiger partial charge in [-0.15, -0.1) is 0 Å². The molecule has 0 aliphatic carbocycles. The van der Waals surface area contributed by atoms with E-state index in [1.807, 2.05) is 6.92 Å². The first-order valence-corrected chi connectivity index (χ1v) is 9.01. The number of nitrogens with zero attached hydrogens (tertiary/aromatic N) is 1. The van der Waals surface area contributed by atoms with E-state index in [1.54, 1.807) is 31.2 Å². The average molecular weight is 385 g/mol. The normalized spacial score (nSPS) is 16.6. The number of furan rings is 1. The van der Waals surface area contributed by atoms with Crippen molar-refractivity contribution < 1.29 is 28.6 Å².